The number of hydrogen-bond acceptors (Lipinski definition) is 1. The van der Waals surface area contributed by atoms with Crippen molar-refractivity contribution in [2.75, 3.05) is 0 Å². The Morgan fingerprint density at radius 1 is 1.44 bits per heavy atom. The zero-order valence-corrected chi connectivity index (χ0v) is 7.31. The molecule has 0 spiro atoms. The number of halogens is 4. The Bertz CT molecular complexity index is 101. The highest BCUT2D eigenvalue weighted by atomic mass is 35.5. The minimum absolute atomic E-state index is 0.0444. The molecule has 5 heteroatoms. The Hall–Kier alpha value is 0.830. The van der Waals surface area contributed by atoms with Crippen LogP contribution < -0.4 is 0 Å². The van der Waals surface area contributed by atoms with Crippen LogP contribution in [0.3, 0.4) is 0 Å². The van der Waals surface area contributed by atoms with Gasteiger partial charge in [0.2, 0.25) is 0 Å². The van der Waals surface area contributed by atoms with Gasteiger partial charge < -0.3 is 4.79 Å². The van der Waals surface area contributed by atoms with Gasteiger partial charge in [0, 0.05) is 6.42 Å². The van der Waals surface area contributed by atoms with Gasteiger partial charge >= 0.3 is 0 Å². The van der Waals surface area contributed by atoms with Crippen LogP contribution in [0.15, 0.2) is 0 Å². The molecule has 0 atom stereocenters. The fourth-order valence-electron chi connectivity index (χ4n) is 0.254. The summed E-state index contributed by atoms with van der Waals surface area (Å²) in [5.41, 5.74) is 0. The standard InChI is InChI=1S/C4H4Cl4O/c5-3(6)1-4(7,8)2-9/h2-3H,1H2. The molecule has 54 valence electrons. The summed E-state index contributed by atoms with van der Waals surface area (Å²) in [7, 11) is 0. The van der Waals surface area contributed by atoms with Crippen LogP contribution in [-0.2, 0) is 4.79 Å². The van der Waals surface area contributed by atoms with Crippen molar-refractivity contribution in [2.24, 2.45) is 0 Å². The third kappa shape index (κ3) is 5.28. The molecule has 0 aliphatic heterocycles. The van der Waals surface area contributed by atoms with Crippen molar-refractivity contribution >= 4 is 52.7 Å². The maximum absolute atomic E-state index is 9.98. The average molecular weight is 210 g/mol. The topological polar surface area (TPSA) is 17.1 Å². The van der Waals surface area contributed by atoms with Crippen molar-refractivity contribution in [1.29, 1.82) is 0 Å². The van der Waals surface area contributed by atoms with Gasteiger partial charge in [-0.1, -0.05) is 23.2 Å². The van der Waals surface area contributed by atoms with E-state index in [1.54, 1.807) is 0 Å². The van der Waals surface area contributed by atoms with E-state index < -0.39 is 9.17 Å². The van der Waals surface area contributed by atoms with Crippen molar-refractivity contribution in [2.45, 2.75) is 15.6 Å². The quantitative estimate of drug-likeness (QED) is 0.516. The van der Waals surface area contributed by atoms with Crippen LogP contribution in [-0.4, -0.2) is 15.5 Å². The molecule has 0 aromatic rings. The molecule has 1 nitrogen and oxygen atoms in total. The molecule has 0 aliphatic carbocycles. The molecule has 0 aromatic carbocycles. The third-order valence-corrected chi connectivity index (χ3v) is 1.39. The molecule has 0 fully saturated rings. The maximum Gasteiger partial charge on any atom is 0.175 e. The molecular weight excluding hydrogens is 206 g/mol. The predicted octanol–water partition coefficient (Wildman–Crippen LogP) is 2.55. The molecule has 0 aromatic heterocycles. The van der Waals surface area contributed by atoms with Gasteiger partial charge in [-0.05, 0) is 0 Å². The first-order valence-electron chi connectivity index (χ1n) is 2.10. The summed E-state index contributed by atoms with van der Waals surface area (Å²) in [6.07, 6.45) is 0.441. The molecule has 0 aliphatic rings. The van der Waals surface area contributed by atoms with Gasteiger partial charge in [-0.25, -0.2) is 0 Å². The summed E-state index contributed by atoms with van der Waals surface area (Å²) in [6, 6.07) is 0. The molecule has 0 heterocycles. The first-order valence-corrected chi connectivity index (χ1v) is 3.73. The van der Waals surface area contributed by atoms with Crippen LogP contribution in [0.1, 0.15) is 6.42 Å². The van der Waals surface area contributed by atoms with Gasteiger partial charge in [-0.3, -0.25) is 0 Å². The lowest BCUT2D eigenvalue weighted by molar-refractivity contribution is -0.108. The van der Waals surface area contributed by atoms with Crippen LogP contribution in [0.4, 0.5) is 0 Å². The van der Waals surface area contributed by atoms with Crippen LogP contribution in [0.5, 0.6) is 0 Å². The Morgan fingerprint density at radius 2 is 1.89 bits per heavy atom. The number of rotatable bonds is 3. The lowest BCUT2D eigenvalue weighted by Crippen LogP contribution is -2.17. The van der Waals surface area contributed by atoms with Gasteiger partial charge in [0.1, 0.15) is 4.84 Å². The smallest absolute Gasteiger partial charge is 0.175 e. The summed E-state index contributed by atoms with van der Waals surface area (Å²) in [4.78, 5) is 9.28. The maximum atomic E-state index is 9.98. The van der Waals surface area contributed by atoms with Crippen LogP contribution in [0.2, 0.25) is 0 Å². The van der Waals surface area contributed by atoms with E-state index in [1.807, 2.05) is 0 Å². The largest absolute Gasteiger partial charge is 0.300 e. The summed E-state index contributed by atoms with van der Waals surface area (Å²) in [6.45, 7) is 0. The Labute approximate surface area is 73.2 Å². The molecule has 0 amide bonds. The first-order chi connectivity index (χ1) is 3.98. The van der Waals surface area contributed by atoms with Crippen LogP contribution in [0.25, 0.3) is 0 Å². The second-order valence-electron chi connectivity index (χ2n) is 1.47. The van der Waals surface area contributed by atoms with Crippen molar-refractivity contribution in [3.05, 3.63) is 0 Å². The SMILES string of the molecule is O=CC(Cl)(Cl)CC(Cl)Cl. The van der Waals surface area contributed by atoms with E-state index in [-0.39, 0.29) is 6.42 Å². The Morgan fingerprint density at radius 3 is 2.00 bits per heavy atom. The Kier molecular flexibility index (Phi) is 4.22. The molecule has 0 unspecified atom stereocenters. The zero-order chi connectivity index (χ0) is 7.49. The molecule has 0 radical (unpaired) electrons. The predicted molar refractivity (Wildman–Crippen MR) is 40.6 cm³/mol. The molecular formula is C4H4Cl4O. The summed E-state index contributed by atoms with van der Waals surface area (Å²) < 4.78 is -1.44. The van der Waals surface area contributed by atoms with Gasteiger partial charge in [0.25, 0.3) is 0 Å². The highest BCUT2D eigenvalue weighted by molar-refractivity contribution is 6.56. The van der Waals surface area contributed by atoms with Gasteiger partial charge in [-0.2, -0.15) is 0 Å². The minimum Gasteiger partial charge on any atom is -0.300 e. The van der Waals surface area contributed by atoms with E-state index in [9.17, 15) is 4.79 Å². The average Bonchev–Trinajstić information content (AvgIpc) is 1.63. The third-order valence-electron chi connectivity index (χ3n) is 0.599. The van der Waals surface area contributed by atoms with E-state index in [0.717, 1.165) is 0 Å². The second-order valence-corrected chi connectivity index (χ2v) is 4.29. The van der Waals surface area contributed by atoms with Crippen molar-refractivity contribution in [1.82, 2.24) is 0 Å². The molecule has 0 N–H and O–H groups in total. The highest BCUT2D eigenvalue weighted by Crippen LogP contribution is 2.27. The highest BCUT2D eigenvalue weighted by Gasteiger charge is 2.25. The zero-order valence-electron chi connectivity index (χ0n) is 4.28. The van der Waals surface area contributed by atoms with E-state index in [0.29, 0.717) is 6.29 Å². The van der Waals surface area contributed by atoms with Gasteiger partial charge in [0.05, 0.1) is 0 Å². The normalized spacial score (nSPS) is 12.1. The van der Waals surface area contributed by atoms with Crippen molar-refractivity contribution in [3.63, 3.8) is 0 Å². The molecule has 0 rings (SSSR count). The van der Waals surface area contributed by atoms with E-state index >= 15 is 0 Å². The number of aldehydes is 1. The molecule has 0 bridgehead atoms. The molecule has 0 saturated carbocycles. The lowest BCUT2D eigenvalue weighted by Gasteiger charge is -2.10. The molecule has 0 saturated heterocycles. The van der Waals surface area contributed by atoms with E-state index in [1.165, 1.54) is 0 Å². The summed E-state index contributed by atoms with van der Waals surface area (Å²) in [5.74, 6) is 0. The van der Waals surface area contributed by atoms with Crippen molar-refractivity contribution < 1.29 is 4.79 Å². The minimum atomic E-state index is -1.44. The molecule has 9 heavy (non-hydrogen) atoms. The second kappa shape index (κ2) is 3.87. The number of carbonyl (C=O) groups is 1. The van der Waals surface area contributed by atoms with Gasteiger partial charge in [0.15, 0.2) is 10.6 Å². The van der Waals surface area contributed by atoms with Gasteiger partial charge in [-0.15, -0.1) is 23.2 Å². The first kappa shape index (κ1) is 9.83. The fourth-order valence-corrected chi connectivity index (χ4v) is 1.37. The van der Waals surface area contributed by atoms with Crippen LogP contribution >= 0.6 is 46.4 Å². The number of carbonyl (C=O) groups excluding carboxylic acids is 1. The number of alkyl halides is 4. The monoisotopic (exact) mass is 208 g/mol. The Balaban J connectivity index is 3.71. The van der Waals surface area contributed by atoms with Crippen LogP contribution in [0, 0.1) is 0 Å². The summed E-state index contributed by atoms with van der Waals surface area (Å²) in [5, 5.41) is 0. The number of hydrogen-bond donors (Lipinski definition) is 0. The fraction of sp³-hybridized carbons (Fsp3) is 0.750. The lowest BCUT2D eigenvalue weighted by atomic mass is 10.3. The van der Waals surface area contributed by atoms with E-state index in [2.05, 4.69) is 0 Å². The van der Waals surface area contributed by atoms with Crippen molar-refractivity contribution in [3.8, 4) is 0 Å². The summed E-state index contributed by atoms with van der Waals surface area (Å²) >= 11 is 21.2. The van der Waals surface area contributed by atoms with E-state index in [4.69, 9.17) is 46.4 Å².